The molecule has 0 aromatic heterocycles. The lowest BCUT2D eigenvalue weighted by atomic mass is 10.2. The van der Waals surface area contributed by atoms with Gasteiger partial charge in [-0.3, -0.25) is 0 Å². The van der Waals surface area contributed by atoms with Crippen molar-refractivity contribution in [2.24, 2.45) is 0 Å². The van der Waals surface area contributed by atoms with Gasteiger partial charge in [0.15, 0.2) is 0 Å². The first-order valence-electron chi connectivity index (χ1n) is 3.83. The average Bonchev–Trinajstić information content (AvgIpc) is 2.17. The zero-order valence-electron chi connectivity index (χ0n) is 6.77. The summed E-state index contributed by atoms with van der Waals surface area (Å²) in [5.74, 6) is 0. The highest BCUT2D eigenvalue weighted by Gasteiger charge is 2.16. The van der Waals surface area contributed by atoms with Crippen LogP contribution < -0.4 is 10.2 Å². The van der Waals surface area contributed by atoms with Gasteiger partial charge in [0.25, 0.3) is 0 Å². The van der Waals surface area contributed by atoms with Crippen LogP contribution in [0.3, 0.4) is 0 Å². The van der Waals surface area contributed by atoms with E-state index in [9.17, 15) is 4.79 Å². The van der Waals surface area contributed by atoms with Crippen molar-refractivity contribution in [2.75, 3.05) is 10.2 Å². The van der Waals surface area contributed by atoms with Crippen LogP contribution in [0, 0.1) is 0 Å². The summed E-state index contributed by atoms with van der Waals surface area (Å²) in [6.07, 6.45) is 2.09. The number of fused-ring (bicyclic) bond motifs is 1. The number of hydrogen-bond donors (Lipinski definition) is 2. The first kappa shape index (κ1) is 7.67. The second-order valence-corrected chi connectivity index (χ2v) is 2.63. The lowest BCUT2D eigenvalue weighted by Gasteiger charge is -2.21. The van der Waals surface area contributed by atoms with Crippen molar-refractivity contribution in [1.29, 1.82) is 0 Å². The number of amides is 1. The van der Waals surface area contributed by atoms with Crippen LogP contribution in [-0.2, 0) is 0 Å². The Labute approximate surface area is 75.1 Å². The minimum absolute atomic E-state index is 0.650. The van der Waals surface area contributed by atoms with Gasteiger partial charge in [-0.05, 0) is 12.1 Å². The summed E-state index contributed by atoms with van der Waals surface area (Å²) < 4.78 is 0. The molecule has 0 spiro atoms. The summed E-state index contributed by atoms with van der Waals surface area (Å²) in [5, 5.41) is 11.8. The monoisotopic (exact) mass is 176 g/mol. The second-order valence-electron chi connectivity index (χ2n) is 2.63. The SMILES string of the molecule is O=C(O)N1C=CNc2ccccc21. The Morgan fingerprint density at radius 2 is 2.15 bits per heavy atom. The lowest BCUT2D eigenvalue weighted by Crippen LogP contribution is -2.26. The largest absolute Gasteiger partial charge is 0.464 e. The van der Waals surface area contributed by atoms with Crippen molar-refractivity contribution in [3.63, 3.8) is 0 Å². The molecule has 0 saturated heterocycles. The number of hydrogen-bond acceptors (Lipinski definition) is 2. The molecule has 0 fully saturated rings. The summed E-state index contributed by atoms with van der Waals surface area (Å²) in [4.78, 5) is 11.9. The van der Waals surface area contributed by atoms with Crippen LogP contribution >= 0.6 is 0 Å². The van der Waals surface area contributed by atoms with E-state index in [0.29, 0.717) is 5.69 Å². The Morgan fingerprint density at radius 1 is 1.38 bits per heavy atom. The molecule has 0 saturated carbocycles. The Bertz CT molecular complexity index is 374. The van der Waals surface area contributed by atoms with Gasteiger partial charge in [-0.1, -0.05) is 12.1 Å². The Kier molecular flexibility index (Phi) is 1.66. The van der Waals surface area contributed by atoms with Gasteiger partial charge in [0.05, 0.1) is 11.4 Å². The van der Waals surface area contributed by atoms with Gasteiger partial charge in [0.2, 0.25) is 0 Å². The smallest absolute Gasteiger partial charge is 0.416 e. The van der Waals surface area contributed by atoms with Crippen LogP contribution in [0.2, 0.25) is 0 Å². The van der Waals surface area contributed by atoms with E-state index in [-0.39, 0.29) is 0 Å². The van der Waals surface area contributed by atoms with E-state index in [0.717, 1.165) is 5.69 Å². The summed E-state index contributed by atoms with van der Waals surface area (Å²) in [5.41, 5.74) is 1.45. The highest BCUT2D eigenvalue weighted by molar-refractivity contribution is 5.94. The maximum atomic E-state index is 10.8. The molecule has 1 aliphatic heterocycles. The fourth-order valence-electron chi connectivity index (χ4n) is 1.25. The third-order valence-corrected chi connectivity index (χ3v) is 1.83. The number of para-hydroxylation sites is 2. The number of nitrogens with zero attached hydrogens (tertiary/aromatic N) is 1. The molecule has 4 heteroatoms. The molecule has 0 unspecified atom stereocenters. The zero-order valence-corrected chi connectivity index (χ0v) is 6.77. The van der Waals surface area contributed by atoms with E-state index in [1.165, 1.54) is 11.1 Å². The molecule has 1 amide bonds. The maximum absolute atomic E-state index is 10.8. The maximum Gasteiger partial charge on any atom is 0.416 e. The summed E-state index contributed by atoms with van der Waals surface area (Å²) in [6.45, 7) is 0. The van der Waals surface area contributed by atoms with Gasteiger partial charge in [-0.15, -0.1) is 0 Å². The van der Waals surface area contributed by atoms with E-state index in [2.05, 4.69) is 5.32 Å². The Balaban J connectivity index is 2.48. The van der Waals surface area contributed by atoms with Gasteiger partial charge < -0.3 is 10.4 Å². The normalized spacial score (nSPS) is 13.4. The van der Waals surface area contributed by atoms with E-state index in [1.54, 1.807) is 18.3 Å². The van der Waals surface area contributed by atoms with Gasteiger partial charge >= 0.3 is 6.09 Å². The molecule has 0 atom stereocenters. The van der Waals surface area contributed by atoms with Crippen LogP contribution in [-0.4, -0.2) is 11.2 Å². The van der Waals surface area contributed by atoms with Crippen LogP contribution in [0.5, 0.6) is 0 Å². The minimum Gasteiger partial charge on any atom is -0.464 e. The molecular formula is C9H8N2O2. The van der Waals surface area contributed by atoms with Gasteiger partial charge in [-0.2, -0.15) is 0 Å². The molecule has 2 N–H and O–H groups in total. The Morgan fingerprint density at radius 3 is 2.92 bits per heavy atom. The lowest BCUT2D eigenvalue weighted by molar-refractivity contribution is 0.204. The fourth-order valence-corrected chi connectivity index (χ4v) is 1.25. The van der Waals surface area contributed by atoms with Crippen molar-refractivity contribution < 1.29 is 9.90 Å². The van der Waals surface area contributed by atoms with Crippen molar-refractivity contribution in [1.82, 2.24) is 0 Å². The second kappa shape index (κ2) is 2.82. The number of anilines is 2. The van der Waals surface area contributed by atoms with Crippen molar-refractivity contribution in [2.45, 2.75) is 0 Å². The third-order valence-electron chi connectivity index (χ3n) is 1.83. The number of carbonyl (C=O) groups is 1. The van der Waals surface area contributed by atoms with Crippen LogP contribution in [0.25, 0.3) is 0 Å². The van der Waals surface area contributed by atoms with Crippen molar-refractivity contribution >= 4 is 17.5 Å². The van der Waals surface area contributed by atoms with E-state index >= 15 is 0 Å². The fraction of sp³-hybridized carbons (Fsp3) is 0. The van der Waals surface area contributed by atoms with Crippen LogP contribution in [0.1, 0.15) is 0 Å². The predicted octanol–water partition coefficient (Wildman–Crippen LogP) is 2.07. The van der Waals surface area contributed by atoms with Crippen molar-refractivity contribution in [3.05, 3.63) is 36.7 Å². The first-order valence-corrected chi connectivity index (χ1v) is 3.83. The number of carboxylic acid groups (broad SMARTS) is 1. The van der Waals surface area contributed by atoms with Crippen LogP contribution in [0.4, 0.5) is 16.2 Å². The molecule has 0 bridgehead atoms. The van der Waals surface area contributed by atoms with Gasteiger partial charge in [0, 0.05) is 12.4 Å². The quantitative estimate of drug-likeness (QED) is 0.636. The summed E-state index contributed by atoms with van der Waals surface area (Å²) >= 11 is 0. The molecular weight excluding hydrogens is 168 g/mol. The highest BCUT2D eigenvalue weighted by Crippen LogP contribution is 2.28. The molecule has 1 aromatic carbocycles. The molecule has 1 aliphatic rings. The Hall–Kier alpha value is -1.97. The highest BCUT2D eigenvalue weighted by atomic mass is 16.4. The predicted molar refractivity (Wildman–Crippen MR) is 49.7 cm³/mol. The molecule has 4 nitrogen and oxygen atoms in total. The molecule has 0 aliphatic carbocycles. The topological polar surface area (TPSA) is 52.6 Å². The molecule has 1 aromatic rings. The summed E-state index contributed by atoms with van der Waals surface area (Å²) in [7, 11) is 0. The summed E-state index contributed by atoms with van der Waals surface area (Å²) in [6, 6.07) is 7.23. The minimum atomic E-state index is -0.981. The average molecular weight is 176 g/mol. The van der Waals surface area contributed by atoms with E-state index in [4.69, 9.17) is 5.11 Å². The van der Waals surface area contributed by atoms with E-state index < -0.39 is 6.09 Å². The van der Waals surface area contributed by atoms with Crippen molar-refractivity contribution in [3.8, 4) is 0 Å². The number of benzene rings is 1. The van der Waals surface area contributed by atoms with Gasteiger partial charge in [0.1, 0.15) is 0 Å². The molecule has 13 heavy (non-hydrogen) atoms. The molecule has 0 radical (unpaired) electrons. The standard InChI is InChI=1S/C9H8N2O2/c12-9(13)11-6-5-10-7-3-1-2-4-8(7)11/h1-6,10H,(H,12,13). The van der Waals surface area contributed by atoms with Gasteiger partial charge in [-0.25, -0.2) is 9.69 Å². The first-order chi connectivity index (χ1) is 6.29. The zero-order chi connectivity index (χ0) is 9.26. The molecule has 66 valence electrons. The van der Waals surface area contributed by atoms with E-state index in [1.807, 2.05) is 12.1 Å². The molecule has 2 rings (SSSR count). The van der Waals surface area contributed by atoms with Crippen LogP contribution in [0.15, 0.2) is 36.7 Å². The molecule has 1 heterocycles. The third kappa shape index (κ3) is 1.22. The number of rotatable bonds is 0. The number of nitrogens with one attached hydrogen (secondary N) is 1.